The van der Waals surface area contributed by atoms with Gasteiger partial charge in [0.05, 0.1) is 22.6 Å². The highest BCUT2D eigenvalue weighted by Crippen LogP contribution is 2.40. The van der Waals surface area contributed by atoms with Crippen molar-refractivity contribution >= 4 is 28.9 Å². The number of hydrogen-bond donors (Lipinski definition) is 2. The maximum Gasteiger partial charge on any atom is 0.335 e. The monoisotopic (exact) mass is 245 g/mol. The van der Waals surface area contributed by atoms with Gasteiger partial charge >= 0.3 is 5.69 Å². The lowest BCUT2D eigenvalue weighted by Gasteiger charge is -2.09. The highest BCUT2D eigenvalue weighted by Gasteiger charge is 2.27. The molecule has 86 valence electrons. The van der Waals surface area contributed by atoms with Crippen LogP contribution in [0, 0.1) is 10.1 Å². The van der Waals surface area contributed by atoms with E-state index >= 15 is 0 Å². The highest BCUT2D eigenvalue weighted by molar-refractivity contribution is 6.34. The summed E-state index contributed by atoms with van der Waals surface area (Å²) < 4.78 is 4.75. The topological polar surface area (TPSA) is 121 Å². The van der Waals surface area contributed by atoms with Gasteiger partial charge in [0.15, 0.2) is 0 Å². The van der Waals surface area contributed by atoms with Crippen LogP contribution < -0.4 is 16.2 Å². The van der Waals surface area contributed by atoms with E-state index in [1.807, 2.05) is 0 Å². The fourth-order valence-electron chi connectivity index (χ4n) is 1.20. The molecular weight excluding hydrogens is 238 g/mol. The number of carbonyl (C=O) groups excluding carboxylic acids is 1. The van der Waals surface area contributed by atoms with Gasteiger partial charge in [0.25, 0.3) is 5.91 Å². The molecule has 0 radical (unpaired) electrons. The van der Waals surface area contributed by atoms with Crippen LogP contribution in [0.3, 0.4) is 0 Å². The summed E-state index contributed by atoms with van der Waals surface area (Å²) >= 11 is 5.64. The molecule has 1 aromatic rings. The van der Waals surface area contributed by atoms with E-state index in [-0.39, 0.29) is 22.0 Å². The molecule has 0 bridgehead atoms. The van der Waals surface area contributed by atoms with Crippen LogP contribution in [0.1, 0.15) is 10.4 Å². The lowest BCUT2D eigenvalue weighted by molar-refractivity contribution is -0.384. The third kappa shape index (κ3) is 1.84. The molecular formula is C8H8ClN3O4. The Morgan fingerprint density at radius 3 is 2.56 bits per heavy atom. The zero-order chi connectivity index (χ0) is 12.5. The van der Waals surface area contributed by atoms with Crippen molar-refractivity contribution in [1.82, 2.24) is 0 Å². The number of nitrogen functional groups attached to an aromatic ring is 1. The summed E-state index contributed by atoms with van der Waals surface area (Å²) in [6.07, 6.45) is 0. The third-order valence-corrected chi connectivity index (χ3v) is 2.21. The summed E-state index contributed by atoms with van der Waals surface area (Å²) in [5.74, 6) is -1.18. The summed E-state index contributed by atoms with van der Waals surface area (Å²) in [5, 5.41) is 10.6. The number of ether oxygens (including phenoxy) is 1. The molecule has 0 saturated carbocycles. The minimum absolute atomic E-state index is 0.124. The average Bonchev–Trinajstić information content (AvgIpc) is 2.20. The van der Waals surface area contributed by atoms with Crippen LogP contribution in [0.2, 0.25) is 5.02 Å². The molecule has 7 nitrogen and oxygen atoms in total. The van der Waals surface area contributed by atoms with Gasteiger partial charge in [0, 0.05) is 0 Å². The molecule has 16 heavy (non-hydrogen) atoms. The number of methoxy groups -OCH3 is 1. The van der Waals surface area contributed by atoms with Crippen molar-refractivity contribution in [2.45, 2.75) is 0 Å². The Kier molecular flexibility index (Phi) is 3.19. The van der Waals surface area contributed by atoms with Gasteiger partial charge in [-0.2, -0.15) is 0 Å². The number of amides is 1. The van der Waals surface area contributed by atoms with E-state index in [2.05, 4.69) is 0 Å². The third-order valence-electron chi connectivity index (χ3n) is 1.90. The van der Waals surface area contributed by atoms with Crippen molar-refractivity contribution in [1.29, 1.82) is 0 Å². The zero-order valence-electron chi connectivity index (χ0n) is 8.19. The Labute approximate surface area is 95.1 Å². The number of hydrogen-bond acceptors (Lipinski definition) is 5. The van der Waals surface area contributed by atoms with E-state index < -0.39 is 16.5 Å². The first-order chi connectivity index (χ1) is 7.40. The first-order valence-electron chi connectivity index (χ1n) is 4.00. The van der Waals surface area contributed by atoms with Crippen LogP contribution in [-0.2, 0) is 0 Å². The molecule has 0 atom stereocenters. The number of halogens is 1. The maximum atomic E-state index is 11.0. The molecule has 0 fully saturated rings. The molecule has 0 spiro atoms. The molecule has 0 aliphatic rings. The number of benzene rings is 1. The van der Waals surface area contributed by atoms with Crippen molar-refractivity contribution < 1.29 is 14.5 Å². The van der Waals surface area contributed by atoms with Gasteiger partial charge in [-0.15, -0.1) is 0 Å². The number of carbonyl (C=O) groups is 1. The zero-order valence-corrected chi connectivity index (χ0v) is 8.95. The quantitative estimate of drug-likeness (QED) is 0.466. The molecule has 0 aromatic heterocycles. The standard InChI is InChI=1S/C8H8ClN3O4/c1-16-7-3(8(11)13)2-4(9)5(10)6(7)12(14)15/h2H,10H2,1H3,(H2,11,13). The molecule has 0 heterocycles. The van der Waals surface area contributed by atoms with E-state index in [0.717, 1.165) is 6.07 Å². The van der Waals surface area contributed by atoms with E-state index in [1.54, 1.807) is 0 Å². The van der Waals surface area contributed by atoms with Crippen LogP contribution in [-0.4, -0.2) is 17.9 Å². The molecule has 1 amide bonds. The Morgan fingerprint density at radius 1 is 1.62 bits per heavy atom. The summed E-state index contributed by atoms with van der Waals surface area (Å²) in [7, 11) is 1.17. The van der Waals surface area contributed by atoms with Gasteiger partial charge < -0.3 is 16.2 Å². The molecule has 8 heteroatoms. The normalized spacial score (nSPS) is 9.88. The van der Waals surface area contributed by atoms with Crippen LogP contribution in [0.4, 0.5) is 11.4 Å². The van der Waals surface area contributed by atoms with Gasteiger partial charge in [-0.25, -0.2) is 0 Å². The number of anilines is 1. The van der Waals surface area contributed by atoms with Gasteiger partial charge in [0.1, 0.15) is 5.69 Å². The lowest BCUT2D eigenvalue weighted by atomic mass is 10.1. The van der Waals surface area contributed by atoms with Crippen LogP contribution >= 0.6 is 11.6 Å². The second-order valence-electron chi connectivity index (χ2n) is 2.82. The summed E-state index contributed by atoms with van der Waals surface area (Å²) in [5.41, 5.74) is 9.44. The van der Waals surface area contributed by atoms with Gasteiger partial charge in [-0.3, -0.25) is 14.9 Å². The van der Waals surface area contributed by atoms with Crippen molar-refractivity contribution in [3.8, 4) is 5.75 Å². The molecule has 0 unspecified atom stereocenters. The van der Waals surface area contributed by atoms with Crippen molar-refractivity contribution in [2.75, 3.05) is 12.8 Å². The molecule has 0 saturated heterocycles. The number of primary amides is 1. The van der Waals surface area contributed by atoms with E-state index in [9.17, 15) is 14.9 Å². The Morgan fingerprint density at radius 2 is 2.19 bits per heavy atom. The Bertz CT molecular complexity index is 475. The number of nitrogens with zero attached hydrogens (tertiary/aromatic N) is 1. The fraction of sp³-hybridized carbons (Fsp3) is 0.125. The highest BCUT2D eigenvalue weighted by atomic mass is 35.5. The molecule has 1 rings (SSSR count). The Balaban J connectivity index is 3.68. The smallest absolute Gasteiger partial charge is 0.335 e. The first kappa shape index (κ1) is 12.1. The first-order valence-corrected chi connectivity index (χ1v) is 4.38. The predicted octanol–water partition coefficient (Wildman–Crippen LogP) is 0.938. The molecule has 4 N–H and O–H groups in total. The second-order valence-corrected chi connectivity index (χ2v) is 3.23. The van der Waals surface area contributed by atoms with Crippen molar-refractivity contribution in [3.63, 3.8) is 0 Å². The molecule has 1 aromatic carbocycles. The van der Waals surface area contributed by atoms with E-state index in [1.165, 1.54) is 7.11 Å². The molecule has 0 aliphatic heterocycles. The Hall–Kier alpha value is -2.02. The fourth-order valence-corrected chi connectivity index (χ4v) is 1.40. The minimum Gasteiger partial charge on any atom is -0.490 e. The van der Waals surface area contributed by atoms with Crippen LogP contribution in [0.15, 0.2) is 6.07 Å². The van der Waals surface area contributed by atoms with Gasteiger partial charge in [-0.1, -0.05) is 11.6 Å². The minimum atomic E-state index is -0.887. The van der Waals surface area contributed by atoms with E-state index in [4.69, 9.17) is 27.8 Å². The number of nitro benzene ring substituents is 1. The van der Waals surface area contributed by atoms with Gasteiger partial charge in [0.2, 0.25) is 5.75 Å². The lowest BCUT2D eigenvalue weighted by Crippen LogP contribution is -2.14. The maximum absolute atomic E-state index is 11.0. The van der Waals surface area contributed by atoms with Gasteiger partial charge in [-0.05, 0) is 6.07 Å². The second kappa shape index (κ2) is 4.23. The SMILES string of the molecule is COc1c(C(N)=O)cc(Cl)c(N)c1[N+](=O)[O-]. The van der Waals surface area contributed by atoms with Crippen molar-refractivity contribution in [3.05, 3.63) is 26.8 Å². The van der Waals surface area contributed by atoms with Crippen molar-refractivity contribution in [2.24, 2.45) is 5.73 Å². The van der Waals surface area contributed by atoms with Crippen LogP contribution in [0.5, 0.6) is 5.75 Å². The average molecular weight is 246 g/mol. The number of nitrogens with two attached hydrogens (primary N) is 2. The number of rotatable bonds is 3. The van der Waals surface area contributed by atoms with Crippen LogP contribution in [0.25, 0.3) is 0 Å². The summed E-state index contributed by atoms with van der Waals surface area (Å²) in [4.78, 5) is 21.0. The number of nitro groups is 1. The summed E-state index contributed by atoms with van der Waals surface area (Å²) in [6, 6.07) is 1.13. The largest absolute Gasteiger partial charge is 0.490 e. The summed E-state index contributed by atoms with van der Waals surface area (Å²) in [6.45, 7) is 0. The predicted molar refractivity (Wildman–Crippen MR) is 57.6 cm³/mol. The van der Waals surface area contributed by atoms with E-state index in [0.29, 0.717) is 0 Å². The molecule has 0 aliphatic carbocycles.